The van der Waals surface area contributed by atoms with Crippen molar-refractivity contribution in [1.82, 2.24) is 19.8 Å². The number of hydrogen-bond donors (Lipinski definition) is 1. The van der Waals surface area contributed by atoms with Crippen LogP contribution in [0.3, 0.4) is 0 Å². The predicted octanol–water partition coefficient (Wildman–Crippen LogP) is 3.37. The first-order valence-corrected chi connectivity index (χ1v) is 14.6. The monoisotopic (exact) mass is 571 g/mol. The molecule has 3 aliphatic rings. The molecule has 11 nitrogen and oxygen atoms in total. The van der Waals surface area contributed by atoms with Crippen LogP contribution in [0.15, 0.2) is 42.5 Å². The molecule has 2 saturated heterocycles. The first kappa shape index (κ1) is 28.0. The molecule has 220 valence electrons. The van der Waals surface area contributed by atoms with Gasteiger partial charge in [0.05, 0.1) is 37.4 Å². The van der Waals surface area contributed by atoms with Gasteiger partial charge in [-0.3, -0.25) is 4.90 Å². The molecule has 1 amide bonds. The van der Waals surface area contributed by atoms with Crippen molar-refractivity contribution in [2.75, 3.05) is 62.8 Å². The first-order chi connectivity index (χ1) is 20.4. The lowest BCUT2D eigenvalue weighted by atomic mass is 10.0. The number of anilines is 2. The number of amides is 1. The summed E-state index contributed by atoms with van der Waals surface area (Å²) in [4.78, 5) is 29.7. The van der Waals surface area contributed by atoms with Gasteiger partial charge in [0.15, 0.2) is 0 Å². The molecule has 0 radical (unpaired) electrons. The standard InChI is InChI=1S/C31H37N7O4/c1-21-19-41-24(17-35(21)2)20-42-30-33-27-18-36(28-9-5-7-22-6-3-4-8-25(22)28)13-11-26(27)29(34-30)37-14-15-38(31(39)40)23(16-37)10-12-32/h3-9,21,23-24H,10-11,13-20H2,1-2H3,(H,39,40)/t21-,23+,24-/m1/s1. The highest BCUT2D eigenvalue weighted by Gasteiger charge is 2.34. The number of carbonyl (C=O) groups is 1. The quantitative estimate of drug-likeness (QED) is 0.472. The van der Waals surface area contributed by atoms with Crippen LogP contribution in [0, 0.1) is 11.3 Å². The third kappa shape index (κ3) is 5.65. The molecule has 42 heavy (non-hydrogen) atoms. The van der Waals surface area contributed by atoms with Gasteiger partial charge >= 0.3 is 12.1 Å². The topological polar surface area (TPSA) is 118 Å². The molecule has 4 heterocycles. The van der Waals surface area contributed by atoms with E-state index in [-0.39, 0.29) is 12.5 Å². The number of carboxylic acid groups (broad SMARTS) is 1. The van der Waals surface area contributed by atoms with Gasteiger partial charge in [-0.25, -0.2) is 4.79 Å². The molecule has 0 unspecified atom stereocenters. The minimum Gasteiger partial charge on any atom is -0.465 e. The molecule has 0 aliphatic carbocycles. The van der Waals surface area contributed by atoms with Crippen molar-refractivity contribution in [2.45, 2.75) is 44.5 Å². The van der Waals surface area contributed by atoms with Crippen LogP contribution >= 0.6 is 0 Å². The van der Waals surface area contributed by atoms with Crippen LogP contribution in [0.25, 0.3) is 10.8 Å². The molecule has 1 N–H and O–H groups in total. The number of hydrogen-bond acceptors (Lipinski definition) is 9. The number of nitriles is 1. The normalized spacial score (nSPS) is 23.0. The minimum absolute atomic E-state index is 0.0828. The van der Waals surface area contributed by atoms with E-state index in [0.29, 0.717) is 51.4 Å². The van der Waals surface area contributed by atoms with E-state index in [2.05, 4.69) is 77.2 Å². The molecule has 2 aromatic carbocycles. The zero-order chi connectivity index (χ0) is 29.2. The summed E-state index contributed by atoms with van der Waals surface area (Å²) >= 11 is 0. The summed E-state index contributed by atoms with van der Waals surface area (Å²) in [5.74, 6) is 0.774. The second kappa shape index (κ2) is 12.0. The van der Waals surface area contributed by atoms with Crippen LogP contribution in [0.2, 0.25) is 0 Å². The molecule has 3 aliphatic heterocycles. The number of likely N-dealkylation sites (N-methyl/N-ethyl adjacent to an activating group) is 1. The molecule has 11 heteroatoms. The molecular weight excluding hydrogens is 534 g/mol. The van der Waals surface area contributed by atoms with Crippen molar-refractivity contribution >= 4 is 28.4 Å². The van der Waals surface area contributed by atoms with Crippen LogP contribution in [-0.2, 0) is 17.7 Å². The zero-order valence-corrected chi connectivity index (χ0v) is 24.1. The number of nitrogens with zero attached hydrogens (tertiary/aromatic N) is 7. The summed E-state index contributed by atoms with van der Waals surface area (Å²) in [6, 6.07) is 17.2. The number of benzene rings is 2. The Morgan fingerprint density at radius 2 is 1.95 bits per heavy atom. The molecule has 0 spiro atoms. The molecular formula is C31H37N7O4. The van der Waals surface area contributed by atoms with Gasteiger partial charge in [-0.1, -0.05) is 36.4 Å². The number of piperazine rings is 1. The molecule has 3 aromatic rings. The summed E-state index contributed by atoms with van der Waals surface area (Å²) in [7, 11) is 2.09. The Morgan fingerprint density at radius 3 is 2.76 bits per heavy atom. The number of rotatable bonds is 6. The lowest BCUT2D eigenvalue weighted by molar-refractivity contribution is -0.0662. The Labute approximate surface area is 245 Å². The highest BCUT2D eigenvalue weighted by molar-refractivity contribution is 5.94. The fourth-order valence-corrected chi connectivity index (χ4v) is 6.21. The van der Waals surface area contributed by atoms with E-state index in [1.807, 2.05) is 0 Å². The third-order valence-electron chi connectivity index (χ3n) is 8.70. The average Bonchev–Trinajstić information content (AvgIpc) is 3.00. The molecule has 6 rings (SSSR count). The van der Waals surface area contributed by atoms with Gasteiger partial charge in [0.1, 0.15) is 18.5 Å². The van der Waals surface area contributed by atoms with Gasteiger partial charge in [0.2, 0.25) is 0 Å². The van der Waals surface area contributed by atoms with Crippen LogP contribution < -0.4 is 14.5 Å². The maximum atomic E-state index is 11.8. The van der Waals surface area contributed by atoms with Gasteiger partial charge in [-0.05, 0) is 31.8 Å². The van der Waals surface area contributed by atoms with Gasteiger partial charge in [-0.2, -0.15) is 15.2 Å². The highest BCUT2D eigenvalue weighted by atomic mass is 16.5. The SMILES string of the molecule is C[C@@H]1CO[C@@H](COc2nc3c(c(N4CCN(C(=O)O)[C@@H](CC#N)C4)n2)CCN(c2cccc4ccccc24)C3)CN1C. The van der Waals surface area contributed by atoms with Crippen molar-refractivity contribution < 1.29 is 19.4 Å². The number of ether oxygens (including phenoxy) is 2. The van der Waals surface area contributed by atoms with E-state index in [9.17, 15) is 15.2 Å². The summed E-state index contributed by atoms with van der Waals surface area (Å²) in [6.45, 7) is 6.48. The smallest absolute Gasteiger partial charge is 0.407 e. The van der Waals surface area contributed by atoms with Crippen LogP contribution in [0.1, 0.15) is 24.6 Å². The van der Waals surface area contributed by atoms with Gasteiger partial charge in [0.25, 0.3) is 0 Å². The van der Waals surface area contributed by atoms with E-state index in [4.69, 9.17) is 19.4 Å². The Balaban J connectivity index is 1.31. The molecule has 1 aromatic heterocycles. The van der Waals surface area contributed by atoms with Crippen molar-refractivity contribution in [3.8, 4) is 12.1 Å². The Kier molecular flexibility index (Phi) is 8.00. The fraction of sp³-hybridized carbons (Fsp3) is 0.484. The molecule has 2 fully saturated rings. The zero-order valence-electron chi connectivity index (χ0n) is 24.1. The Morgan fingerprint density at radius 1 is 1.12 bits per heavy atom. The minimum atomic E-state index is -0.999. The first-order valence-electron chi connectivity index (χ1n) is 14.6. The lowest BCUT2D eigenvalue weighted by Gasteiger charge is -2.41. The van der Waals surface area contributed by atoms with Crippen molar-refractivity contribution in [2.24, 2.45) is 0 Å². The second-order valence-corrected chi connectivity index (χ2v) is 11.4. The summed E-state index contributed by atoms with van der Waals surface area (Å²) in [6.07, 6.45) is -0.217. The van der Waals surface area contributed by atoms with E-state index in [0.717, 1.165) is 36.6 Å². The lowest BCUT2D eigenvalue weighted by Crippen LogP contribution is -2.55. The third-order valence-corrected chi connectivity index (χ3v) is 8.70. The Bertz CT molecular complexity index is 1490. The average molecular weight is 572 g/mol. The molecule has 0 saturated carbocycles. The van der Waals surface area contributed by atoms with E-state index in [1.54, 1.807) is 0 Å². The number of morpholine rings is 1. The van der Waals surface area contributed by atoms with Gasteiger partial charge in [0, 0.05) is 55.4 Å². The largest absolute Gasteiger partial charge is 0.465 e. The van der Waals surface area contributed by atoms with Crippen molar-refractivity contribution in [3.63, 3.8) is 0 Å². The fourth-order valence-electron chi connectivity index (χ4n) is 6.21. The van der Waals surface area contributed by atoms with E-state index >= 15 is 0 Å². The second-order valence-electron chi connectivity index (χ2n) is 11.4. The van der Waals surface area contributed by atoms with Crippen LogP contribution in [-0.4, -0.2) is 102 Å². The molecule has 3 atom stereocenters. The maximum absolute atomic E-state index is 11.8. The predicted molar refractivity (Wildman–Crippen MR) is 159 cm³/mol. The van der Waals surface area contributed by atoms with Crippen molar-refractivity contribution in [1.29, 1.82) is 5.26 Å². The highest BCUT2D eigenvalue weighted by Crippen LogP contribution is 2.35. The van der Waals surface area contributed by atoms with E-state index < -0.39 is 12.1 Å². The number of aromatic nitrogens is 2. The summed E-state index contributed by atoms with van der Waals surface area (Å²) < 4.78 is 12.2. The number of fused-ring (bicyclic) bond motifs is 2. The van der Waals surface area contributed by atoms with Gasteiger partial charge in [-0.15, -0.1) is 0 Å². The van der Waals surface area contributed by atoms with Crippen LogP contribution in [0.4, 0.5) is 16.3 Å². The van der Waals surface area contributed by atoms with Crippen molar-refractivity contribution in [3.05, 3.63) is 53.7 Å². The summed E-state index contributed by atoms with van der Waals surface area (Å²) in [5.41, 5.74) is 3.13. The Hall–Kier alpha value is -4.14. The van der Waals surface area contributed by atoms with Crippen LogP contribution in [0.5, 0.6) is 6.01 Å². The van der Waals surface area contributed by atoms with Gasteiger partial charge < -0.3 is 29.3 Å². The maximum Gasteiger partial charge on any atom is 0.407 e. The van der Waals surface area contributed by atoms with E-state index in [1.165, 1.54) is 21.4 Å². The molecule has 0 bridgehead atoms. The summed E-state index contributed by atoms with van der Waals surface area (Å²) in [5, 5.41) is 21.5.